The lowest BCUT2D eigenvalue weighted by Crippen LogP contribution is -2.39. The number of para-hydroxylation sites is 1. The Kier molecular flexibility index (Phi) is 3.72. The lowest BCUT2D eigenvalue weighted by molar-refractivity contribution is 0.0739. The number of pyridine rings is 1. The van der Waals surface area contributed by atoms with Crippen molar-refractivity contribution < 1.29 is 9.21 Å². The van der Waals surface area contributed by atoms with Gasteiger partial charge in [0.1, 0.15) is 5.69 Å². The number of amides is 1. The van der Waals surface area contributed by atoms with E-state index in [1.807, 2.05) is 35.2 Å². The van der Waals surface area contributed by atoms with Gasteiger partial charge < -0.3 is 14.6 Å². The molecule has 5 rings (SSSR count). The van der Waals surface area contributed by atoms with Gasteiger partial charge in [-0.25, -0.2) is 4.98 Å². The van der Waals surface area contributed by atoms with Crippen molar-refractivity contribution in [2.75, 3.05) is 19.6 Å². The highest BCUT2D eigenvalue weighted by molar-refractivity contribution is 6.35. The quantitative estimate of drug-likeness (QED) is 0.752. The Morgan fingerprint density at radius 1 is 1.27 bits per heavy atom. The Morgan fingerprint density at radius 3 is 3.04 bits per heavy atom. The minimum atomic E-state index is 0.0451. The summed E-state index contributed by atoms with van der Waals surface area (Å²) in [6.45, 7) is 2.66. The van der Waals surface area contributed by atoms with Crippen LogP contribution in [0, 0.1) is 5.92 Å². The van der Waals surface area contributed by atoms with Crippen molar-refractivity contribution in [1.82, 2.24) is 15.2 Å². The Bertz CT molecular complexity index is 986. The highest BCUT2D eigenvalue weighted by Crippen LogP contribution is 2.33. The molecule has 6 heteroatoms. The predicted octanol–water partition coefficient (Wildman–Crippen LogP) is 3.58. The SMILES string of the molecule is O=C(c1cc(-c2ccco2)nc2c(Cl)cccc12)N1CC[C@@H]2CNC[C@@H]21. The summed E-state index contributed by atoms with van der Waals surface area (Å²) >= 11 is 6.39. The number of hydrogen-bond acceptors (Lipinski definition) is 4. The minimum absolute atomic E-state index is 0.0451. The number of nitrogens with zero attached hydrogens (tertiary/aromatic N) is 2. The molecule has 0 spiro atoms. The summed E-state index contributed by atoms with van der Waals surface area (Å²) in [6, 6.07) is 11.3. The van der Waals surface area contributed by atoms with Crippen molar-refractivity contribution in [2.45, 2.75) is 12.5 Å². The van der Waals surface area contributed by atoms with Gasteiger partial charge in [-0.1, -0.05) is 23.7 Å². The van der Waals surface area contributed by atoms with Crippen molar-refractivity contribution >= 4 is 28.4 Å². The summed E-state index contributed by atoms with van der Waals surface area (Å²) in [6.07, 6.45) is 2.66. The largest absolute Gasteiger partial charge is 0.463 e. The van der Waals surface area contributed by atoms with Crippen molar-refractivity contribution in [3.05, 3.63) is 53.2 Å². The van der Waals surface area contributed by atoms with Crippen LogP contribution in [0.4, 0.5) is 0 Å². The zero-order valence-corrected chi connectivity index (χ0v) is 14.9. The molecule has 2 aromatic heterocycles. The molecule has 132 valence electrons. The molecular weight excluding hydrogens is 350 g/mol. The Labute approximate surface area is 156 Å². The molecule has 0 saturated carbocycles. The van der Waals surface area contributed by atoms with Gasteiger partial charge in [0.2, 0.25) is 0 Å². The van der Waals surface area contributed by atoms with E-state index >= 15 is 0 Å². The minimum Gasteiger partial charge on any atom is -0.463 e. The van der Waals surface area contributed by atoms with Gasteiger partial charge in [-0.3, -0.25) is 4.79 Å². The number of benzene rings is 1. The molecule has 26 heavy (non-hydrogen) atoms. The fourth-order valence-corrected chi connectivity index (χ4v) is 4.41. The van der Waals surface area contributed by atoms with E-state index in [2.05, 4.69) is 10.3 Å². The number of carbonyl (C=O) groups excluding carboxylic acids is 1. The molecule has 0 bridgehead atoms. The second-order valence-electron chi connectivity index (χ2n) is 6.94. The van der Waals surface area contributed by atoms with E-state index in [0.29, 0.717) is 33.5 Å². The second kappa shape index (κ2) is 6.11. The van der Waals surface area contributed by atoms with Crippen molar-refractivity contribution in [3.63, 3.8) is 0 Å². The lowest BCUT2D eigenvalue weighted by atomic mass is 10.0. The second-order valence-corrected chi connectivity index (χ2v) is 7.35. The van der Waals surface area contributed by atoms with Gasteiger partial charge in [-0.15, -0.1) is 0 Å². The van der Waals surface area contributed by atoms with E-state index in [9.17, 15) is 4.79 Å². The third-order valence-electron chi connectivity index (χ3n) is 5.50. The number of carbonyl (C=O) groups is 1. The van der Waals surface area contributed by atoms with E-state index in [4.69, 9.17) is 16.0 Å². The average Bonchev–Trinajstić information content (AvgIpc) is 3.38. The Balaban J connectivity index is 1.66. The maximum atomic E-state index is 13.4. The summed E-state index contributed by atoms with van der Waals surface area (Å²) in [5, 5.41) is 4.72. The molecule has 0 aliphatic carbocycles. The molecule has 2 fully saturated rings. The van der Waals surface area contributed by atoms with E-state index in [1.54, 1.807) is 12.3 Å². The van der Waals surface area contributed by atoms with Gasteiger partial charge in [-0.2, -0.15) is 0 Å². The van der Waals surface area contributed by atoms with Crippen molar-refractivity contribution in [1.29, 1.82) is 0 Å². The average molecular weight is 368 g/mol. The number of furan rings is 1. The van der Waals surface area contributed by atoms with Crippen LogP contribution >= 0.6 is 11.6 Å². The molecule has 2 atom stereocenters. The van der Waals surface area contributed by atoms with Crippen LogP contribution < -0.4 is 5.32 Å². The summed E-state index contributed by atoms with van der Waals surface area (Å²) in [7, 11) is 0. The van der Waals surface area contributed by atoms with Crippen molar-refractivity contribution in [3.8, 4) is 11.5 Å². The van der Waals surface area contributed by atoms with E-state index in [0.717, 1.165) is 31.4 Å². The van der Waals surface area contributed by atoms with Crippen LogP contribution in [0.3, 0.4) is 0 Å². The van der Waals surface area contributed by atoms with Gasteiger partial charge in [0.15, 0.2) is 5.76 Å². The molecule has 1 N–H and O–H groups in total. The first-order valence-electron chi connectivity index (χ1n) is 8.87. The van der Waals surface area contributed by atoms with E-state index < -0.39 is 0 Å². The Morgan fingerprint density at radius 2 is 2.19 bits per heavy atom. The summed E-state index contributed by atoms with van der Waals surface area (Å²) in [5.41, 5.74) is 1.89. The molecule has 2 aliphatic rings. The zero-order valence-electron chi connectivity index (χ0n) is 14.1. The summed E-state index contributed by atoms with van der Waals surface area (Å²) in [4.78, 5) is 20.1. The molecule has 2 aliphatic heterocycles. The van der Waals surface area contributed by atoms with Crippen LogP contribution in [0.5, 0.6) is 0 Å². The van der Waals surface area contributed by atoms with E-state index in [-0.39, 0.29) is 11.9 Å². The Hall–Kier alpha value is -2.37. The number of hydrogen-bond donors (Lipinski definition) is 1. The van der Waals surface area contributed by atoms with E-state index in [1.165, 1.54) is 0 Å². The highest BCUT2D eigenvalue weighted by atomic mass is 35.5. The van der Waals surface area contributed by atoms with Crippen LogP contribution in [0.2, 0.25) is 5.02 Å². The molecular formula is C20H18ClN3O2. The highest BCUT2D eigenvalue weighted by Gasteiger charge is 2.40. The molecule has 3 aromatic rings. The molecule has 2 saturated heterocycles. The number of likely N-dealkylation sites (tertiary alicyclic amines) is 1. The number of halogens is 1. The smallest absolute Gasteiger partial charge is 0.254 e. The summed E-state index contributed by atoms with van der Waals surface area (Å²) in [5.74, 6) is 1.23. The third-order valence-corrected chi connectivity index (χ3v) is 5.81. The van der Waals surface area contributed by atoms with Gasteiger partial charge in [0.05, 0.1) is 22.4 Å². The maximum absolute atomic E-state index is 13.4. The van der Waals surface area contributed by atoms with Crippen LogP contribution in [-0.2, 0) is 0 Å². The van der Waals surface area contributed by atoms with Crippen LogP contribution in [0.15, 0.2) is 47.1 Å². The zero-order chi connectivity index (χ0) is 17.7. The van der Waals surface area contributed by atoms with Gasteiger partial charge in [0, 0.05) is 31.1 Å². The molecule has 1 amide bonds. The molecule has 1 aromatic carbocycles. The van der Waals surface area contributed by atoms with Gasteiger partial charge in [0.25, 0.3) is 5.91 Å². The lowest BCUT2D eigenvalue weighted by Gasteiger charge is -2.24. The van der Waals surface area contributed by atoms with Crippen LogP contribution in [0.1, 0.15) is 16.8 Å². The monoisotopic (exact) mass is 367 g/mol. The van der Waals surface area contributed by atoms with Gasteiger partial charge in [-0.05, 0) is 36.6 Å². The first kappa shape index (κ1) is 15.9. The predicted molar refractivity (Wildman–Crippen MR) is 100 cm³/mol. The fraction of sp³-hybridized carbons (Fsp3) is 0.300. The normalized spacial score (nSPS) is 22.1. The summed E-state index contributed by atoms with van der Waals surface area (Å²) < 4.78 is 5.50. The maximum Gasteiger partial charge on any atom is 0.254 e. The number of rotatable bonds is 2. The standard InChI is InChI=1S/C20H18ClN3O2/c21-15-4-1-3-13-14(9-16(23-19(13)15)18-5-2-8-26-18)20(25)24-7-6-12-10-22-11-17(12)24/h1-5,8-9,12,17,22H,6-7,10-11H2/t12-,17+/m1/s1. The molecule has 0 radical (unpaired) electrons. The van der Waals surface area contributed by atoms with Crippen LogP contribution in [0.25, 0.3) is 22.4 Å². The van der Waals surface area contributed by atoms with Crippen molar-refractivity contribution in [2.24, 2.45) is 5.92 Å². The topological polar surface area (TPSA) is 58.4 Å². The first-order valence-corrected chi connectivity index (χ1v) is 9.25. The molecule has 4 heterocycles. The third kappa shape index (κ3) is 2.42. The number of aromatic nitrogens is 1. The number of nitrogens with one attached hydrogen (secondary N) is 1. The molecule has 0 unspecified atom stereocenters. The first-order chi connectivity index (χ1) is 12.7. The van der Waals surface area contributed by atoms with Crippen LogP contribution in [-0.4, -0.2) is 41.5 Å². The fourth-order valence-electron chi connectivity index (χ4n) is 4.20. The number of fused-ring (bicyclic) bond motifs is 2. The van der Waals surface area contributed by atoms with Gasteiger partial charge >= 0.3 is 0 Å². The molecule has 5 nitrogen and oxygen atoms in total.